The highest BCUT2D eigenvalue weighted by atomic mass is 32.2. The van der Waals surface area contributed by atoms with Crippen molar-refractivity contribution in [1.82, 2.24) is 14.5 Å². The molecular weight excluding hydrogens is 218 g/mol. The van der Waals surface area contributed by atoms with Gasteiger partial charge >= 0.3 is 0 Å². The van der Waals surface area contributed by atoms with Crippen LogP contribution in [0.3, 0.4) is 0 Å². The van der Waals surface area contributed by atoms with Gasteiger partial charge in [-0.1, -0.05) is 0 Å². The molecule has 2 heterocycles. The van der Waals surface area contributed by atoms with Crippen molar-refractivity contribution in [3.05, 3.63) is 11.8 Å². The molecule has 0 spiro atoms. The Morgan fingerprint density at radius 1 is 1.47 bits per heavy atom. The van der Waals surface area contributed by atoms with Crippen LogP contribution in [-0.2, 0) is 16.6 Å². The highest BCUT2D eigenvalue weighted by Gasteiger charge is 2.30. The predicted molar refractivity (Wildman–Crippen MR) is 52.5 cm³/mol. The summed E-state index contributed by atoms with van der Waals surface area (Å²) in [6.07, 6.45) is 3.12. The minimum atomic E-state index is -3.48. The van der Waals surface area contributed by atoms with E-state index in [0.717, 1.165) is 12.8 Å². The highest BCUT2D eigenvalue weighted by Crippen LogP contribution is 2.21. The van der Waals surface area contributed by atoms with Crippen molar-refractivity contribution in [1.29, 1.82) is 0 Å². The first-order valence-corrected chi connectivity index (χ1v) is 6.23. The lowest BCUT2D eigenvalue weighted by molar-refractivity contribution is 0.278. The summed E-state index contributed by atoms with van der Waals surface area (Å²) in [5, 5.41) is 15.1. The number of hydrogen-bond donors (Lipinski definition) is 2. The maximum atomic E-state index is 12.0. The van der Waals surface area contributed by atoms with E-state index in [1.165, 1.54) is 10.5 Å². The fourth-order valence-electron chi connectivity index (χ4n) is 1.69. The second kappa shape index (κ2) is 3.92. The zero-order valence-corrected chi connectivity index (χ0v) is 9.00. The Balaban J connectivity index is 2.36. The first-order valence-electron chi connectivity index (χ1n) is 4.79. The zero-order valence-electron chi connectivity index (χ0n) is 8.18. The van der Waals surface area contributed by atoms with Crippen LogP contribution in [0.25, 0.3) is 0 Å². The molecule has 1 fully saturated rings. The molecule has 15 heavy (non-hydrogen) atoms. The highest BCUT2D eigenvalue weighted by molar-refractivity contribution is 7.89. The van der Waals surface area contributed by atoms with Crippen molar-refractivity contribution >= 4 is 10.0 Å². The SMILES string of the molecule is O=S(=O)(c1[nH]ncc1CO)N1CCCC1. The van der Waals surface area contributed by atoms with Gasteiger partial charge in [0.15, 0.2) is 5.03 Å². The number of hydrogen-bond acceptors (Lipinski definition) is 4. The van der Waals surface area contributed by atoms with Crippen molar-refractivity contribution in [2.75, 3.05) is 13.1 Å². The molecule has 1 aliphatic heterocycles. The van der Waals surface area contributed by atoms with Crippen LogP contribution in [0.1, 0.15) is 18.4 Å². The van der Waals surface area contributed by atoms with Gasteiger partial charge in [0.1, 0.15) is 0 Å². The van der Waals surface area contributed by atoms with Gasteiger partial charge in [-0.3, -0.25) is 5.10 Å². The van der Waals surface area contributed by atoms with Crippen molar-refractivity contribution < 1.29 is 13.5 Å². The summed E-state index contributed by atoms with van der Waals surface area (Å²) in [7, 11) is -3.48. The molecule has 0 unspecified atom stereocenters. The molecule has 2 N–H and O–H groups in total. The van der Waals surface area contributed by atoms with E-state index in [2.05, 4.69) is 10.2 Å². The Bertz CT molecular complexity index is 434. The van der Waals surface area contributed by atoms with E-state index in [4.69, 9.17) is 5.11 Å². The molecular formula is C8H13N3O3S. The number of nitrogens with one attached hydrogen (secondary N) is 1. The topological polar surface area (TPSA) is 86.3 Å². The van der Waals surface area contributed by atoms with Crippen LogP contribution >= 0.6 is 0 Å². The molecule has 0 saturated carbocycles. The first kappa shape index (κ1) is 10.6. The molecule has 6 nitrogen and oxygen atoms in total. The normalized spacial score (nSPS) is 18.5. The molecule has 0 radical (unpaired) electrons. The van der Waals surface area contributed by atoms with Crippen LogP contribution < -0.4 is 0 Å². The number of aliphatic hydroxyl groups excluding tert-OH is 1. The minimum absolute atomic E-state index is 0.0203. The van der Waals surface area contributed by atoms with Crippen molar-refractivity contribution in [2.24, 2.45) is 0 Å². The average Bonchev–Trinajstić information content (AvgIpc) is 2.89. The predicted octanol–water partition coefficient (Wildman–Crippen LogP) is -0.314. The van der Waals surface area contributed by atoms with Gasteiger partial charge in [-0.2, -0.15) is 9.40 Å². The van der Waals surface area contributed by atoms with Crippen LogP contribution in [0.15, 0.2) is 11.2 Å². The largest absolute Gasteiger partial charge is 0.392 e. The molecule has 0 atom stereocenters. The van der Waals surface area contributed by atoms with Gasteiger partial charge in [-0.15, -0.1) is 0 Å². The maximum absolute atomic E-state index is 12.0. The quantitative estimate of drug-likeness (QED) is 0.747. The summed E-state index contributed by atoms with van der Waals surface area (Å²) in [4.78, 5) is 0. The smallest absolute Gasteiger partial charge is 0.260 e. The summed E-state index contributed by atoms with van der Waals surface area (Å²) >= 11 is 0. The Morgan fingerprint density at radius 3 is 2.73 bits per heavy atom. The van der Waals surface area contributed by atoms with E-state index < -0.39 is 10.0 Å². The fraction of sp³-hybridized carbons (Fsp3) is 0.625. The number of aliphatic hydroxyl groups is 1. The lowest BCUT2D eigenvalue weighted by Gasteiger charge is -2.14. The molecule has 1 aliphatic rings. The summed E-state index contributed by atoms with van der Waals surface area (Å²) in [6.45, 7) is 0.775. The number of nitrogens with zero attached hydrogens (tertiary/aromatic N) is 2. The summed E-state index contributed by atoms with van der Waals surface area (Å²) in [5.41, 5.74) is 0.321. The van der Waals surface area contributed by atoms with E-state index in [1.54, 1.807) is 0 Å². The Morgan fingerprint density at radius 2 is 2.13 bits per heavy atom. The van der Waals surface area contributed by atoms with Gasteiger partial charge in [-0.25, -0.2) is 8.42 Å². The molecule has 0 aliphatic carbocycles. The second-order valence-corrected chi connectivity index (χ2v) is 5.37. The summed E-state index contributed by atoms with van der Waals surface area (Å²) < 4.78 is 25.5. The molecule has 0 bridgehead atoms. The zero-order chi connectivity index (χ0) is 10.9. The lowest BCUT2D eigenvalue weighted by atomic mass is 10.4. The van der Waals surface area contributed by atoms with Gasteiger partial charge in [0.05, 0.1) is 12.8 Å². The standard InChI is InChI=1S/C8H13N3O3S/c12-6-7-5-9-10-8(7)15(13,14)11-3-1-2-4-11/h5,12H,1-4,6H2,(H,9,10). The Kier molecular flexibility index (Phi) is 2.76. The molecule has 0 aromatic carbocycles. The third-order valence-corrected chi connectivity index (χ3v) is 4.43. The molecule has 0 amide bonds. The molecule has 7 heteroatoms. The van der Waals surface area contributed by atoms with Gasteiger partial charge in [0.2, 0.25) is 0 Å². The van der Waals surface area contributed by atoms with Crippen LogP contribution in [-0.4, -0.2) is 41.1 Å². The van der Waals surface area contributed by atoms with Crippen molar-refractivity contribution in [3.63, 3.8) is 0 Å². The van der Waals surface area contributed by atoms with E-state index in [9.17, 15) is 8.42 Å². The average molecular weight is 231 g/mol. The molecule has 1 aromatic heterocycles. The first-order chi connectivity index (χ1) is 7.16. The summed E-state index contributed by atoms with van der Waals surface area (Å²) in [6, 6.07) is 0. The van der Waals surface area contributed by atoms with Gasteiger partial charge in [0, 0.05) is 18.7 Å². The monoisotopic (exact) mass is 231 g/mol. The van der Waals surface area contributed by atoms with E-state index in [0.29, 0.717) is 18.7 Å². The number of H-pyrrole nitrogens is 1. The molecule has 84 valence electrons. The molecule has 1 aromatic rings. The number of aromatic amines is 1. The van der Waals surface area contributed by atoms with Crippen molar-refractivity contribution in [2.45, 2.75) is 24.5 Å². The number of rotatable bonds is 3. The lowest BCUT2D eigenvalue weighted by Crippen LogP contribution is -2.28. The Labute approximate surface area is 88.0 Å². The van der Waals surface area contributed by atoms with E-state index >= 15 is 0 Å². The molecule has 1 saturated heterocycles. The number of sulfonamides is 1. The van der Waals surface area contributed by atoms with Crippen LogP contribution in [0.5, 0.6) is 0 Å². The Hall–Kier alpha value is -0.920. The van der Waals surface area contributed by atoms with Gasteiger partial charge in [0.25, 0.3) is 10.0 Å². The van der Waals surface area contributed by atoms with Crippen LogP contribution in [0.4, 0.5) is 0 Å². The van der Waals surface area contributed by atoms with Gasteiger partial charge in [-0.05, 0) is 12.8 Å². The third-order valence-electron chi connectivity index (χ3n) is 2.51. The van der Waals surface area contributed by atoms with Crippen LogP contribution in [0, 0.1) is 0 Å². The fourth-order valence-corrected chi connectivity index (χ4v) is 3.31. The second-order valence-electron chi connectivity index (χ2n) is 3.49. The van der Waals surface area contributed by atoms with E-state index in [-0.39, 0.29) is 11.6 Å². The van der Waals surface area contributed by atoms with Crippen molar-refractivity contribution in [3.8, 4) is 0 Å². The minimum Gasteiger partial charge on any atom is -0.392 e. The third kappa shape index (κ3) is 1.77. The van der Waals surface area contributed by atoms with Crippen LogP contribution in [0.2, 0.25) is 0 Å². The molecule has 2 rings (SSSR count). The number of aromatic nitrogens is 2. The van der Waals surface area contributed by atoms with Gasteiger partial charge < -0.3 is 5.11 Å². The van der Waals surface area contributed by atoms with E-state index in [1.807, 2.05) is 0 Å². The maximum Gasteiger partial charge on any atom is 0.260 e. The summed E-state index contributed by atoms with van der Waals surface area (Å²) in [5.74, 6) is 0.